The van der Waals surface area contributed by atoms with Crippen LogP contribution in [0, 0.1) is 19.7 Å². The Hall–Kier alpha value is -1.70. The lowest BCUT2D eigenvalue weighted by Crippen LogP contribution is -2.32. The number of alkyl halides is 2. The maximum Gasteiger partial charge on any atom is 0.248 e. The zero-order valence-corrected chi connectivity index (χ0v) is 13.7. The minimum Gasteiger partial charge on any atom is -0.365 e. The van der Waals surface area contributed by atoms with Crippen LogP contribution in [0.4, 0.5) is 19.0 Å². The van der Waals surface area contributed by atoms with E-state index in [9.17, 15) is 13.2 Å². The van der Waals surface area contributed by atoms with Gasteiger partial charge in [0, 0.05) is 30.0 Å². The molecule has 2 aromatic heterocycles. The Bertz CT molecular complexity index is 707. The number of nitrogens with one attached hydrogen (secondary N) is 1. The van der Waals surface area contributed by atoms with Gasteiger partial charge in [0.05, 0.1) is 5.69 Å². The summed E-state index contributed by atoms with van der Waals surface area (Å²) in [5, 5.41) is 5.45. The first kappa shape index (κ1) is 16.2. The van der Waals surface area contributed by atoms with Crippen LogP contribution in [0.1, 0.15) is 37.1 Å². The second kappa shape index (κ2) is 6.07. The summed E-state index contributed by atoms with van der Waals surface area (Å²) >= 11 is 1.39. The SMILES string of the molecule is Cc1csc(-c2nc(C)c(F)c(NC3CCC(F)(F)CC3)n2)n1. The van der Waals surface area contributed by atoms with Crippen molar-refractivity contribution in [2.45, 2.75) is 51.5 Å². The molecule has 0 bridgehead atoms. The quantitative estimate of drug-likeness (QED) is 0.901. The highest BCUT2D eigenvalue weighted by Crippen LogP contribution is 2.34. The molecule has 2 aromatic rings. The van der Waals surface area contributed by atoms with E-state index in [1.165, 1.54) is 11.3 Å². The van der Waals surface area contributed by atoms with E-state index in [1.54, 1.807) is 6.92 Å². The van der Waals surface area contributed by atoms with Crippen molar-refractivity contribution in [2.75, 3.05) is 5.32 Å². The van der Waals surface area contributed by atoms with E-state index in [-0.39, 0.29) is 30.4 Å². The van der Waals surface area contributed by atoms with Crippen molar-refractivity contribution < 1.29 is 13.2 Å². The van der Waals surface area contributed by atoms with Gasteiger partial charge in [0.1, 0.15) is 0 Å². The molecular formula is C15H17F3N4S. The van der Waals surface area contributed by atoms with Crippen molar-refractivity contribution in [3.63, 3.8) is 0 Å². The Morgan fingerprint density at radius 1 is 1.17 bits per heavy atom. The van der Waals surface area contributed by atoms with Crippen LogP contribution in [-0.4, -0.2) is 26.9 Å². The number of halogens is 3. The molecule has 0 radical (unpaired) electrons. The second-order valence-electron chi connectivity index (χ2n) is 5.86. The van der Waals surface area contributed by atoms with E-state index < -0.39 is 11.7 Å². The summed E-state index contributed by atoms with van der Waals surface area (Å²) in [7, 11) is 0. The monoisotopic (exact) mass is 342 g/mol. The smallest absolute Gasteiger partial charge is 0.248 e. The summed E-state index contributed by atoms with van der Waals surface area (Å²) in [5.74, 6) is -2.73. The Morgan fingerprint density at radius 2 is 1.87 bits per heavy atom. The predicted molar refractivity (Wildman–Crippen MR) is 83.4 cm³/mol. The number of rotatable bonds is 3. The maximum atomic E-state index is 14.3. The van der Waals surface area contributed by atoms with E-state index in [0.717, 1.165) is 5.69 Å². The minimum atomic E-state index is -2.61. The van der Waals surface area contributed by atoms with Gasteiger partial charge < -0.3 is 5.32 Å². The summed E-state index contributed by atoms with van der Waals surface area (Å²) in [4.78, 5) is 12.6. The molecule has 3 rings (SSSR count). The summed E-state index contributed by atoms with van der Waals surface area (Å²) < 4.78 is 40.7. The topological polar surface area (TPSA) is 50.7 Å². The summed E-state index contributed by atoms with van der Waals surface area (Å²) in [6, 6.07) is -0.204. The van der Waals surface area contributed by atoms with E-state index >= 15 is 0 Å². The van der Waals surface area contributed by atoms with Crippen LogP contribution >= 0.6 is 11.3 Å². The van der Waals surface area contributed by atoms with Gasteiger partial charge in [0.15, 0.2) is 22.5 Å². The molecule has 4 nitrogen and oxygen atoms in total. The molecule has 1 aliphatic carbocycles. The lowest BCUT2D eigenvalue weighted by molar-refractivity contribution is -0.0361. The fraction of sp³-hybridized carbons (Fsp3) is 0.533. The van der Waals surface area contributed by atoms with Crippen molar-refractivity contribution in [2.24, 2.45) is 0 Å². The Kier molecular flexibility index (Phi) is 4.27. The third-order valence-electron chi connectivity index (χ3n) is 3.89. The Morgan fingerprint density at radius 3 is 2.48 bits per heavy atom. The third-order valence-corrected chi connectivity index (χ3v) is 4.84. The molecule has 0 spiro atoms. The number of aryl methyl sites for hydroxylation is 2. The van der Waals surface area contributed by atoms with Gasteiger partial charge in [-0.05, 0) is 26.7 Å². The van der Waals surface area contributed by atoms with Gasteiger partial charge in [-0.1, -0.05) is 0 Å². The normalized spacial score (nSPS) is 18.1. The van der Waals surface area contributed by atoms with Crippen molar-refractivity contribution >= 4 is 17.2 Å². The molecule has 2 heterocycles. The minimum absolute atomic E-state index is 0.0653. The first-order valence-electron chi connectivity index (χ1n) is 7.45. The summed E-state index contributed by atoms with van der Waals surface area (Å²) in [6.07, 6.45) is 0.214. The van der Waals surface area contributed by atoms with Crippen molar-refractivity contribution in [3.8, 4) is 10.8 Å². The first-order chi connectivity index (χ1) is 10.8. The van der Waals surface area contributed by atoms with Crippen molar-refractivity contribution in [1.29, 1.82) is 0 Å². The fourth-order valence-electron chi connectivity index (χ4n) is 2.59. The molecule has 1 N–H and O–H groups in total. The molecule has 23 heavy (non-hydrogen) atoms. The van der Waals surface area contributed by atoms with E-state index in [4.69, 9.17) is 0 Å². The largest absolute Gasteiger partial charge is 0.365 e. The van der Waals surface area contributed by atoms with Gasteiger partial charge in [-0.3, -0.25) is 0 Å². The molecule has 1 aliphatic rings. The van der Waals surface area contributed by atoms with Crippen LogP contribution in [0.15, 0.2) is 5.38 Å². The van der Waals surface area contributed by atoms with Crippen LogP contribution in [0.25, 0.3) is 10.8 Å². The van der Waals surface area contributed by atoms with Crippen LogP contribution in [0.2, 0.25) is 0 Å². The highest BCUT2D eigenvalue weighted by molar-refractivity contribution is 7.13. The van der Waals surface area contributed by atoms with Crippen LogP contribution < -0.4 is 5.32 Å². The number of thiazole rings is 1. The van der Waals surface area contributed by atoms with Crippen LogP contribution in [-0.2, 0) is 0 Å². The molecule has 0 saturated heterocycles. The number of hydrogen-bond acceptors (Lipinski definition) is 5. The molecule has 0 atom stereocenters. The zero-order chi connectivity index (χ0) is 16.6. The highest BCUT2D eigenvalue weighted by Gasteiger charge is 2.35. The molecular weight excluding hydrogens is 325 g/mol. The van der Waals surface area contributed by atoms with Gasteiger partial charge in [-0.15, -0.1) is 11.3 Å². The maximum absolute atomic E-state index is 14.3. The number of hydrogen-bond donors (Lipinski definition) is 1. The van der Waals surface area contributed by atoms with E-state index in [1.807, 2.05) is 12.3 Å². The van der Waals surface area contributed by atoms with Gasteiger partial charge in [-0.2, -0.15) is 0 Å². The Labute approximate surface area is 136 Å². The van der Waals surface area contributed by atoms with Gasteiger partial charge >= 0.3 is 0 Å². The number of aromatic nitrogens is 3. The second-order valence-corrected chi connectivity index (χ2v) is 6.72. The summed E-state index contributed by atoms with van der Waals surface area (Å²) in [6.45, 7) is 3.42. The first-order valence-corrected chi connectivity index (χ1v) is 8.33. The molecule has 0 aromatic carbocycles. The summed E-state index contributed by atoms with van der Waals surface area (Å²) in [5.41, 5.74) is 1.06. The molecule has 0 aliphatic heterocycles. The van der Waals surface area contributed by atoms with Gasteiger partial charge in [-0.25, -0.2) is 28.1 Å². The zero-order valence-electron chi connectivity index (χ0n) is 12.9. The van der Waals surface area contributed by atoms with Gasteiger partial charge in [0.25, 0.3) is 0 Å². The average molecular weight is 342 g/mol. The standard InChI is InChI=1S/C15H17F3N4S/c1-8-7-23-14(19-8)13-20-9(2)11(16)12(22-13)21-10-3-5-15(17,18)6-4-10/h7,10H,3-6H2,1-2H3,(H,20,21,22). The predicted octanol–water partition coefficient (Wildman–Crippen LogP) is 4.35. The number of anilines is 1. The number of nitrogens with zero attached hydrogens (tertiary/aromatic N) is 3. The van der Waals surface area contributed by atoms with Crippen molar-refractivity contribution in [1.82, 2.24) is 15.0 Å². The molecule has 0 unspecified atom stereocenters. The average Bonchev–Trinajstić information content (AvgIpc) is 2.92. The third kappa shape index (κ3) is 3.63. The molecule has 124 valence electrons. The van der Waals surface area contributed by atoms with E-state index in [0.29, 0.717) is 23.7 Å². The molecule has 0 amide bonds. The lowest BCUT2D eigenvalue weighted by atomic mass is 9.92. The van der Waals surface area contributed by atoms with Crippen molar-refractivity contribution in [3.05, 3.63) is 22.6 Å². The van der Waals surface area contributed by atoms with Gasteiger partial charge in [0.2, 0.25) is 5.92 Å². The van der Waals surface area contributed by atoms with E-state index in [2.05, 4.69) is 20.3 Å². The molecule has 8 heteroatoms. The Balaban J connectivity index is 1.83. The lowest BCUT2D eigenvalue weighted by Gasteiger charge is -2.29. The fourth-order valence-corrected chi connectivity index (χ4v) is 3.31. The highest BCUT2D eigenvalue weighted by atomic mass is 32.1. The molecule has 1 saturated carbocycles. The van der Waals surface area contributed by atoms with Crippen LogP contribution in [0.3, 0.4) is 0 Å². The van der Waals surface area contributed by atoms with Crippen LogP contribution in [0.5, 0.6) is 0 Å². The molecule has 1 fully saturated rings.